The SMILES string of the molecule is CCn1nc(C2CCCN2S(=O)(=O)c2cc(OC)ccc2OC)c2c1CCOC2. The second-order valence-corrected chi connectivity index (χ2v) is 9.08. The lowest BCUT2D eigenvalue weighted by atomic mass is 10.0. The van der Waals surface area contributed by atoms with Gasteiger partial charge in [-0.05, 0) is 31.9 Å². The van der Waals surface area contributed by atoms with E-state index in [1.165, 1.54) is 20.3 Å². The van der Waals surface area contributed by atoms with Crippen LogP contribution in [0.3, 0.4) is 0 Å². The standard InChI is InChI=1S/C20H27N3O5S/c1-4-22-16-9-11-28-13-15(16)20(21-22)17-6-5-10-23(17)29(24,25)19-12-14(26-2)7-8-18(19)27-3/h7-8,12,17H,4-6,9-11,13H2,1-3H3. The molecular formula is C20H27N3O5S. The maximum absolute atomic E-state index is 13.6. The van der Waals surface area contributed by atoms with Gasteiger partial charge in [0.25, 0.3) is 0 Å². The molecule has 0 spiro atoms. The van der Waals surface area contributed by atoms with Gasteiger partial charge in [-0.3, -0.25) is 4.68 Å². The molecule has 0 aliphatic carbocycles. The number of methoxy groups -OCH3 is 2. The van der Waals surface area contributed by atoms with Crippen LogP contribution in [0.5, 0.6) is 11.5 Å². The molecule has 4 rings (SSSR count). The Morgan fingerprint density at radius 1 is 1.28 bits per heavy atom. The molecule has 1 saturated heterocycles. The fourth-order valence-electron chi connectivity index (χ4n) is 4.28. The van der Waals surface area contributed by atoms with E-state index in [0.717, 1.165) is 42.8 Å². The van der Waals surface area contributed by atoms with Crippen molar-refractivity contribution in [3.8, 4) is 11.5 Å². The molecule has 158 valence electrons. The molecule has 1 unspecified atom stereocenters. The van der Waals surface area contributed by atoms with Crippen LogP contribution >= 0.6 is 0 Å². The van der Waals surface area contributed by atoms with Crippen molar-refractivity contribution in [2.45, 2.75) is 50.3 Å². The zero-order valence-corrected chi connectivity index (χ0v) is 17.9. The predicted octanol–water partition coefficient (Wildman–Crippen LogP) is 2.52. The fourth-order valence-corrected chi connectivity index (χ4v) is 6.11. The highest BCUT2D eigenvalue weighted by Crippen LogP contribution is 2.41. The molecule has 1 atom stereocenters. The van der Waals surface area contributed by atoms with E-state index < -0.39 is 10.0 Å². The molecular weight excluding hydrogens is 394 g/mol. The van der Waals surface area contributed by atoms with E-state index in [4.69, 9.17) is 19.3 Å². The van der Waals surface area contributed by atoms with E-state index in [1.807, 2.05) is 4.68 Å². The van der Waals surface area contributed by atoms with Gasteiger partial charge in [-0.25, -0.2) is 8.42 Å². The minimum absolute atomic E-state index is 0.117. The number of ether oxygens (including phenoxy) is 3. The van der Waals surface area contributed by atoms with Crippen LogP contribution < -0.4 is 9.47 Å². The van der Waals surface area contributed by atoms with Crippen molar-refractivity contribution in [1.82, 2.24) is 14.1 Å². The molecule has 9 heteroatoms. The zero-order valence-electron chi connectivity index (χ0n) is 17.1. The topological polar surface area (TPSA) is 82.9 Å². The number of rotatable bonds is 6. The molecule has 0 N–H and O–H groups in total. The van der Waals surface area contributed by atoms with E-state index >= 15 is 0 Å². The largest absolute Gasteiger partial charge is 0.497 e. The molecule has 3 heterocycles. The third-order valence-electron chi connectivity index (χ3n) is 5.70. The molecule has 8 nitrogen and oxygen atoms in total. The average Bonchev–Trinajstić information content (AvgIpc) is 3.38. The Morgan fingerprint density at radius 2 is 2.10 bits per heavy atom. The molecule has 0 amide bonds. The summed E-state index contributed by atoms with van der Waals surface area (Å²) < 4.78 is 47.1. The summed E-state index contributed by atoms with van der Waals surface area (Å²) in [5.74, 6) is 0.780. The number of hydrogen-bond acceptors (Lipinski definition) is 6. The number of nitrogens with zero attached hydrogens (tertiary/aromatic N) is 3. The van der Waals surface area contributed by atoms with Gasteiger partial charge in [-0.1, -0.05) is 0 Å². The quantitative estimate of drug-likeness (QED) is 0.713. The van der Waals surface area contributed by atoms with Gasteiger partial charge in [0, 0.05) is 36.8 Å². The minimum Gasteiger partial charge on any atom is -0.497 e. The lowest BCUT2D eigenvalue weighted by Crippen LogP contribution is -2.32. The summed E-state index contributed by atoms with van der Waals surface area (Å²) in [5, 5.41) is 4.80. The Morgan fingerprint density at radius 3 is 2.83 bits per heavy atom. The van der Waals surface area contributed by atoms with Gasteiger partial charge < -0.3 is 14.2 Å². The van der Waals surface area contributed by atoms with Crippen LogP contribution in [0, 0.1) is 0 Å². The third-order valence-corrected chi connectivity index (χ3v) is 7.63. The van der Waals surface area contributed by atoms with Gasteiger partial charge in [0.05, 0.1) is 39.2 Å². The van der Waals surface area contributed by atoms with Gasteiger partial charge >= 0.3 is 0 Å². The lowest BCUT2D eigenvalue weighted by molar-refractivity contribution is 0.107. The van der Waals surface area contributed by atoms with Crippen LogP contribution in [0.2, 0.25) is 0 Å². The van der Waals surface area contributed by atoms with E-state index in [-0.39, 0.29) is 10.9 Å². The maximum Gasteiger partial charge on any atom is 0.247 e. The van der Waals surface area contributed by atoms with Crippen LogP contribution in [-0.4, -0.2) is 49.9 Å². The number of fused-ring (bicyclic) bond motifs is 1. The molecule has 1 aromatic heterocycles. The Balaban J connectivity index is 1.77. The average molecular weight is 422 g/mol. The minimum atomic E-state index is -3.80. The molecule has 1 fully saturated rings. The second kappa shape index (κ2) is 7.97. The molecule has 0 radical (unpaired) electrons. The normalized spacial score (nSPS) is 19.9. The smallest absolute Gasteiger partial charge is 0.247 e. The monoisotopic (exact) mass is 421 g/mol. The van der Waals surface area contributed by atoms with Crippen molar-refractivity contribution in [1.29, 1.82) is 0 Å². The van der Waals surface area contributed by atoms with Gasteiger partial charge in [0.1, 0.15) is 16.4 Å². The number of benzene rings is 1. The highest BCUT2D eigenvalue weighted by Gasteiger charge is 2.41. The molecule has 2 aliphatic heterocycles. The highest BCUT2D eigenvalue weighted by molar-refractivity contribution is 7.89. The maximum atomic E-state index is 13.6. The van der Waals surface area contributed by atoms with Gasteiger partial charge in [-0.15, -0.1) is 0 Å². The summed E-state index contributed by atoms with van der Waals surface area (Å²) in [5.41, 5.74) is 3.03. The molecule has 0 bridgehead atoms. The number of hydrogen-bond donors (Lipinski definition) is 0. The summed E-state index contributed by atoms with van der Waals surface area (Å²) in [6.07, 6.45) is 2.32. The molecule has 1 aromatic carbocycles. The summed E-state index contributed by atoms with van der Waals surface area (Å²) in [7, 11) is -0.812. The van der Waals surface area contributed by atoms with Crippen LogP contribution in [0.4, 0.5) is 0 Å². The predicted molar refractivity (Wildman–Crippen MR) is 107 cm³/mol. The first kappa shape index (κ1) is 20.2. The molecule has 29 heavy (non-hydrogen) atoms. The summed E-state index contributed by atoms with van der Waals surface area (Å²) in [6, 6.07) is 4.53. The first-order valence-corrected chi connectivity index (χ1v) is 11.3. The van der Waals surface area contributed by atoms with Gasteiger partial charge in [-0.2, -0.15) is 9.40 Å². The van der Waals surface area contributed by atoms with Crippen molar-refractivity contribution >= 4 is 10.0 Å². The van der Waals surface area contributed by atoms with Gasteiger partial charge in [0.15, 0.2) is 0 Å². The van der Waals surface area contributed by atoms with Crippen LogP contribution in [0.1, 0.15) is 42.8 Å². The molecule has 0 saturated carbocycles. The van der Waals surface area contributed by atoms with Crippen molar-refractivity contribution in [3.63, 3.8) is 0 Å². The van der Waals surface area contributed by atoms with Crippen LogP contribution in [0.25, 0.3) is 0 Å². The Bertz CT molecular complexity index is 1000. The zero-order chi connectivity index (χ0) is 20.6. The summed E-state index contributed by atoms with van der Waals surface area (Å²) in [6.45, 7) is 4.41. The van der Waals surface area contributed by atoms with Crippen LogP contribution in [0.15, 0.2) is 23.1 Å². The van der Waals surface area contributed by atoms with Crippen molar-refractivity contribution in [2.24, 2.45) is 0 Å². The fraction of sp³-hybridized carbons (Fsp3) is 0.550. The first-order chi connectivity index (χ1) is 14.0. The first-order valence-electron chi connectivity index (χ1n) is 9.91. The second-order valence-electron chi connectivity index (χ2n) is 7.22. The van der Waals surface area contributed by atoms with Gasteiger partial charge in [0.2, 0.25) is 10.0 Å². The number of sulfonamides is 1. The number of aromatic nitrogens is 2. The van der Waals surface area contributed by atoms with Crippen molar-refractivity contribution in [3.05, 3.63) is 35.2 Å². The Kier molecular flexibility index (Phi) is 5.54. The number of aryl methyl sites for hydroxylation is 1. The highest BCUT2D eigenvalue weighted by atomic mass is 32.2. The van der Waals surface area contributed by atoms with Crippen molar-refractivity contribution in [2.75, 3.05) is 27.4 Å². The van der Waals surface area contributed by atoms with E-state index in [2.05, 4.69) is 6.92 Å². The molecule has 2 aromatic rings. The van der Waals surface area contributed by atoms with E-state index in [1.54, 1.807) is 16.4 Å². The molecule has 2 aliphatic rings. The third kappa shape index (κ3) is 3.41. The summed E-state index contributed by atoms with van der Waals surface area (Å²) >= 11 is 0. The lowest BCUT2D eigenvalue weighted by Gasteiger charge is -2.25. The van der Waals surface area contributed by atoms with Crippen molar-refractivity contribution < 1.29 is 22.6 Å². The van der Waals surface area contributed by atoms with E-state index in [9.17, 15) is 8.42 Å². The summed E-state index contributed by atoms with van der Waals surface area (Å²) in [4.78, 5) is 0.117. The Labute approximate surface area is 171 Å². The Hall–Kier alpha value is -2.10. The van der Waals surface area contributed by atoms with E-state index in [0.29, 0.717) is 31.3 Å². The van der Waals surface area contributed by atoms with Crippen LogP contribution in [-0.2, 0) is 34.3 Å².